The molecule has 0 spiro atoms. The van der Waals surface area contributed by atoms with Crippen LogP contribution in [0.4, 0.5) is 0 Å². The molecule has 2 heterocycles. The van der Waals surface area contributed by atoms with Crippen LogP contribution in [0.5, 0.6) is 0 Å². The van der Waals surface area contributed by atoms with Gasteiger partial charge in [-0.25, -0.2) is 0 Å². The number of nitrogens with zero attached hydrogens (tertiary/aromatic N) is 1. The Kier molecular flexibility index (Phi) is 3.92. The van der Waals surface area contributed by atoms with Gasteiger partial charge in [0.05, 0.1) is 6.54 Å². The third kappa shape index (κ3) is 2.80. The minimum absolute atomic E-state index is 0.590. The minimum Gasteiger partial charge on any atom is -0.361 e. The summed E-state index contributed by atoms with van der Waals surface area (Å²) in [6.07, 6.45) is 0. The van der Waals surface area contributed by atoms with Gasteiger partial charge in [-0.05, 0) is 34.7 Å². The van der Waals surface area contributed by atoms with Gasteiger partial charge in [0.2, 0.25) is 0 Å². The molecule has 1 fully saturated rings. The van der Waals surface area contributed by atoms with Crippen LogP contribution in [-0.4, -0.2) is 17.0 Å². The molecule has 1 N–H and O–H groups in total. The van der Waals surface area contributed by atoms with Crippen molar-refractivity contribution in [3.63, 3.8) is 0 Å². The Bertz CT molecular complexity index is 382. The van der Waals surface area contributed by atoms with Crippen LogP contribution in [0, 0.1) is 12.8 Å². The summed E-state index contributed by atoms with van der Waals surface area (Å²) in [4.78, 5) is 4.63. The highest BCUT2D eigenvalue weighted by molar-refractivity contribution is 8.14. The van der Waals surface area contributed by atoms with E-state index in [1.54, 1.807) is 11.3 Å². The van der Waals surface area contributed by atoms with Crippen molar-refractivity contribution in [2.24, 2.45) is 10.9 Å². The quantitative estimate of drug-likeness (QED) is 0.895. The zero-order valence-electron chi connectivity index (χ0n) is 9.99. The number of amidine groups is 1. The van der Waals surface area contributed by atoms with Gasteiger partial charge in [0.15, 0.2) is 5.17 Å². The van der Waals surface area contributed by atoms with Crippen LogP contribution in [0.3, 0.4) is 0 Å². The maximum Gasteiger partial charge on any atom is 0.157 e. The highest BCUT2D eigenvalue weighted by atomic mass is 32.2. The van der Waals surface area contributed by atoms with E-state index in [0.717, 1.165) is 17.5 Å². The largest absolute Gasteiger partial charge is 0.361 e. The molecule has 1 aliphatic rings. The van der Waals surface area contributed by atoms with Crippen molar-refractivity contribution in [2.75, 3.05) is 5.75 Å². The molecule has 1 aromatic rings. The first-order valence-corrected chi connectivity index (χ1v) is 7.55. The van der Waals surface area contributed by atoms with Crippen LogP contribution in [0.2, 0.25) is 0 Å². The Hall–Kier alpha value is -0.480. The first kappa shape index (κ1) is 12.0. The Morgan fingerprint density at radius 3 is 2.88 bits per heavy atom. The van der Waals surface area contributed by atoms with Gasteiger partial charge in [-0.15, -0.1) is 0 Å². The Morgan fingerprint density at radius 1 is 1.50 bits per heavy atom. The molecule has 1 aliphatic heterocycles. The molecule has 1 aromatic heterocycles. The molecule has 0 saturated carbocycles. The molecule has 4 heteroatoms. The van der Waals surface area contributed by atoms with Gasteiger partial charge in [-0.2, -0.15) is 11.3 Å². The molecule has 2 rings (SSSR count). The van der Waals surface area contributed by atoms with E-state index < -0.39 is 0 Å². The fraction of sp³-hybridized carbons (Fsp3) is 0.583. The molecule has 16 heavy (non-hydrogen) atoms. The van der Waals surface area contributed by atoms with Crippen LogP contribution < -0.4 is 5.32 Å². The highest BCUT2D eigenvalue weighted by Gasteiger charge is 2.22. The minimum atomic E-state index is 0.590. The van der Waals surface area contributed by atoms with Gasteiger partial charge in [-0.1, -0.05) is 25.6 Å². The van der Waals surface area contributed by atoms with Crippen molar-refractivity contribution in [3.05, 3.63) is 21.9 Å². The van der Waals surface area contributed by atoms with Crippen LogP contribution >= 0.6 is 23.1 Å². The fourth-order valence-electron chi connectivity index (χ4n) is 1.57. The van der Waals surface area contributed by atoms with Crippen LogP contribution in [0.1, 0.15) is 25.0 Å². The number of thiophene rings is 1. The van der Waals surface area contributed by atoms with Gasteiger partial charge in [0.25, 0.3) is 0 Å². The molecule has 2 nitrogen and oxygen atoms in total. The molecule has 1 atom stereocenters. The summed E-state index contributed by atoms with van der Waals surface area (Å²) in [5.41, 5.74) is 2.71. The maximum absolute atomic E-state index is 4.63. The second-order valence-corrected chi connectivity index (χ2v) is 6.26. The van der Waals surface area contributed by atoms with Crippen molar-refractivity contribution < 1.29 is 0 Å². The first-order valence-electron chi connectivity index (χ1n) is 5.62. The molecule has 0 bridgehead atoms. The number of thioether (sulfide) groups is 1. The average Bonchev–Trinajstić information content (AvgIpc) is 2.83. The monoisotopic (exact) mass is 254 g/mol. The zero-order chi connectivity index (χ0) is 11.5. The number of nitrogens with one attached hydrogen (secondary N) is 1. The number of aryl methyl sites for hydroxylation is 1. The Morgan fingerprint density at radius 2 is 2.31 bits per heavy atom. The topological polar surface area (TPSA) is 24.4 Å². The summed E-state index contributed by atoms with van der Waals surface area (Å²) in [5, 5.41) is 8.98. The summed E-state index contributed by atoms with van der Waals surface area (Å²) in [5.74, 6) is 1.84. The van der Waals surface area contributed by atoms with Gasteiger partial charge < -0.3 is 5.32 Å². The predicted molar refractivity (Wildman–Crippen MR) is 74.4 cm³/mol. The predicted octanol–water partition coefficient (Wildman–Crippen LogP) is 3.27. The molecular weight excluding hydrogens is 236 g/mol. The normalized spacial score (nSPS) is 23.0. The Labute approximate surface area is 106 Å². The molecule has 0 aliphatic carbocycles. The molecule has 1 saturated heterocycles. The van der Waals surface area contributed by atoms with E-state index in [2.05, 4.69) is 41.8 Å². The van der Waals surface area contributed by atoms with Gasteiger partial charge in [0.1, 0.15) is 0 Å². The second-order valence-electron chi connectivity index (χ2n) is 4.51. The lowest BCUT2D eigenvalue weighted by molar-refractivity contribution is 0.503. The molecule has 1 unspecified atom stereocenters. The van der Waals surface area contributed by atoms with Gasteiger partial charge in [-0.3, -0.25) is 4.99 Å². The Balaban J connectivity index is 1.92. The molecule has 88 valence electrons. The third-order valence-corrected chi connectivity index (χ3v) is 4.82. The van der Waals surface area contributed by atoms with E-state index in [0.29, 0.717) is 12.0 Å². The maximum atomic E-state index is 4.63. The van der Waals surface area contributed by atoms with Crippen molar-refractivity contribution in [1.82, 2.24) is 5.32 Å². The molecule has 0 radical (unpaired) electrons. The lowest BCUT2D eigenvalue weighted by Gasteiger charge is -2.13. The van der Waals surface area contributed by atoms with Gasteiger partial charge >= 0.3 is 0 Å². The van der Waals surface area contributed by atoms with Crippen molar-refractivity contribution >= 4 is 28.3 Å². The zero-order valence-corrected chi connectivity index (χ0v) is 11.6. The number of rotatable bonds is 3. The number of hydrogen-bond acceptors (Lipinski definition) is 3. The van der Waals surface area contributed by atoms with E-state index in [9.17, 15) is 0 Å². The second kappa shape index (κ2) is 5.23. The number of aliphatic imine (C=N–C) groups is 1. The van der Waals surface area contributed by atoms with E-state index in [1.807, 2.05) is 11.8 Å². The summed E-state index contributed by atoms with van der Waals surface area (Å²) < 4.78 is 0. The SMILES string of the molecule is Cc1cscc1CN=C1NC(C(C)C)CS1. The van der Waals surface area contributed by atoms with Crippen LogP contribution in [-0.2, 0) is 6.54 Å². The summed E-state index contributed by atoms with van der Waals surface area (Å²) in [6, 6.07) is 0.590. The highest BCUT2D eigenvalue weighted by Crippen LogP contribution is 2.20. The molecular formula is C12H18N2S2. The molecule has 0 amide bonds. The van der Waals surface area contributed by atoms with E-state index in [-0.39, 0.29) is 0 Å². The van der Waals surface area contributed by atoms with E-state index in [1.165, 1.54) is 11.1 Å². The van der Waals surface area contributed by atoms with Gasteiger partial charge in [0, 0.05) is 11.8 Å². The fourth-order valence-corrected chi connectivity index (χ4v) is 3.61. The van der Waals surface area contributed by atoms with E-state index in [4.69, 9.17) is 0 Å². The lowest BCUT2D eigenvalue weighted by Crippen LogP contribution is -2.31. The van der Waals surface area contributed by atoms with Crippen molar-refractivity contribution in [2.45, 2.75) is 33.4 Å². The van der Waals surface area contributed by atoms with Crippen LogP contribution in [0.25, 0.3) is 0 Å². The lowest BCUT2D eigenvalue weighted by atomic mass is 10.1. The summed E-state index contributed by atoms with van der Waals surface area (Å²) in [7, 11) is 0. The number of hydrogen-bond donors (Lipinski definition) is 1. The summed E-state index contributed by atoms with van der Waals surface area (Å²) >= 11 is 3.61. The average molecular weight is 254 g/mol. The summed E-state index contributed by atoms with van der Waals surface area (Å²) in [6.45, 7) is 7.47. The first-order chi connectivity index (χ1) is 7.66. The van der Waals surface area contributed by atoms with Crippen molar-refractivity contribution in [1.29, 1.82) is 0 Å². The van der Waals surface area contributed by atoms with E-state index >= 15 is 0 Å². The molecule has 0 aromatic carbocycles. The smallest absolute Gasteiger partial charge is 0.157 e. The standard InChI is InChI=1S/C12H18N2S2/c1-8(2)11-7-16-12(14-11)13-4-10-6-15-5-9(10)3/h5-6,8,11H,4,7H2,1-3H3,(H,13,14). The van der Waals surface area contributed by atoms with Crippen LogP contribution in [0.15, 0.2) is 15.8 Å². The third-order valence-electron chi connectivity index (χ3n) is 2.87. The van der Waals surface area contributed by atoms with Crippen molar-refractivity contribution in [3.8, 4) is 0 Å².